The van der Waals surface area contributed by atoms with Crippen molar-refractivity contribution in [2.75, 3.05) is 20.1 Å². The number of aromatic nitrogens is 2. The van der Waals surface area contributed by atoms with Gasteiger partial charge in [0.1, 0.15) is 11.3 Å². The number of hydrogen-bond donors (Lipinski definition) is 0. The lowest BCUT2D eigenvalue weighted by Crippen LogP contribution is -2.34. The first-order valence-corrected chi connectivity index (χ1v) is 8.35. The fourth-order valence-electron chi connectivity index (χ4n) is 3.31. The molecule has 0 N–H and O–H groups in total. The first-order valence-electron chi connectivity index (χ1n) is 7.53. The van der Waals surface area contributed by atoms with Crippen molar-refractivity contribution in [2.45, 2.75) is 31.7 Å². The molecule has 2 atom stereocenters. The number of halogens is 2. The highest BCUT2D eigenvalue weighted by Crippen LogP contribution is 2.30. The van der Waals surface area contributed by atoms with Crippen LogP contribution in [0.2, 0.25) is 5.02 Å². The summed E-state index contributed by atoms with van der Waals surface area (Å²) >= 11 is 12.6. The van der Waals surface area contributed by atoms with Crippen LogP contribution < -0.4 is 0 Å². The average Bonchev–Trinajstić information content (AvgIpc) is 2.80. The van der Waals surface area contributed by atoms with E-state index in [0.717, 1.165) is 29.9 Å². The maximum atomic E-state index is 6.34. The highest BCUT2D eigenvalue weighted by Gasteiger charge is 2.22. The van der Waals surface area contributed by atoms with Crippen LogP contribution in [0.1, 0.15) is 31.0 Å². The molecular weight excluding hydrogens is 305 g/mol. The zero-order valence-electron chi connectivity index (χ0n) is 12.5. The Labute approximate surface area is 135 Å². The molecule has 0 radical (unpaired) electrons. The van der Waals surface area contributed by atoms with E-state index in [0.29, 0.717) is 10.9 Å². The molecule has 1 saturated heterocycles. The molecule has 21 heavy (non-hydrogen) atoms. The monoisotopic (exact) mass is 325 g/mol. The minimum Gasteiger partial charge on any atom is -0.326 e. The van der Waals surface area contributed by atoms with E-state index >= 15 is 0 Å². The molecule has 3 rings (SSSR count). The van der Waals surface area contributed by atoms with Crippen molar-refractivity contribution in [3.63, 3.8) is 0 Å². The normalized spacial score (nSPS) is 21.8. The Kier molecular flexibility index (Phi) is 4.43. The van der Waals surface area contributed by atoms with Gasteiger partial charge in [0.15, 0.2) is 0 Å². The maximum Gasteiger partial charge on any atom is 0.127 e. The summed E-state index contributed by atoms with van der Waals surface area (Å²) in [6, 6.07) is 5.96. The van der Waals surface area contributed by atoms with Crippen LogP contribution >= 0.6 is 23.2 Å². The summed E-state index contributed by atoms with van der Waals surface area (Å²) in [4.78, 5) is 7.09. The summed E-state index contributed by atoms with van der Waals surface area (Å²) in [5.74, 6) is 1.57. The first-order chi connectivity index (χ1) is 10.1. The molecule has 0 saturated carbocycles. The third-order valence-corrected chi connectivity index (χ3v) is 4.78. The Morgan fingerprint density at radius 1 is 1.43 bits per heavy atom. The number of nitrogens with zero attached hydrogens (tertiary/aromatic N) is 3. The number of imidazole rings is 1. The van der Waals surface area contributed by atoms with Crippen LogP contribution in [0.4, 0.5) is 0 Å². The summed E-state index contributed by atoms with van der Waals surface area (Å²) in [7, 11) is 2.19. The molecular formula is C16H21Cl2N3. The van der Waals surface area contributed by atoms with Crippen LogP contribution in [0, 0.1) is 5.92 Å². The van der Waals surface area contributed by atoms with Crippen molar-refractivity contribution in [1.82, 2.24) is 14.5 Å². The standard InChI is InChI=1S/C16H21Cl2N3/c1-11(17)16-19-15-13(18)6-3-7-14(15)21(16)10-12-5-4-8-20(2)9-12/h3,6-7,11-12H,4-5,8-10H2,1-2H3. The van der Waals surface area contributed by atoms with Gasteiger partial charge in [-0.3, -0.25) is 0 Å². The van der Waals surface area contributed by atoms with Gasteiger partial charge in [-0.05, 0) is 51.4 Å². The van der Waals surface area contributed by atoms with Gasteiger partial charge >= 0.3 is 0 Å². The van der Waals surface area contributed by atoms with E-state index in [-0.39, 0.29) is 5.38 Å². The van der Waals surface area contributed by atoms with Crippen LogP contribution in [0.25, 0.3) is 11.0 Å². The van der Waals surface area contributed by atoms with E-state index < -0.39 is 0 Å². The Morgan fingerprint density at radius 3 is 2.95 bits per heavy atom. The van der Waals surface area contributed by atoms with E-state index in [4.69, 9.17) is 23.2 Å². The molecule has 0 spiro atoms. The largest absolute Gasteiger partial charge is 0.326 e. The molecule has 0 bridgehead atoms. The first kappa shape index (κ1) is 15.1. The lowest BCUT2D eigenvalue weighted by molar-refractivity contribution is 0.194. The Hall–Kier alpha value is -0.770. The minimum atomic E-state index is -0.116. The van der Waals surface area contributed by atoms with Crippen molar-refractivity contribution in [2.24, 2.45) is 5.92 Å². The van der Waals surface area contributed by atoms with Gasteiger partial charge in [0, 0.05) is 13.1 Å². The van der Waals surface area contributed by atoms with Crippen LogP contribution in [-0.2, 0) is 6.54 Å². The number of alkyl halides is 1. The molecule has 5 heteroatoms. The molecule has 0 amide bonds. The van der Waals surface area contributed by atoms with E-state index in [1.54, 1.807) is 0 Å². The van der Waals surface area contributed by atoms with Gasteiger partial charge in [-0.2, -0.15) is 0 Å². The van der Waals surface area contributed by atoms with Gasteiger partial charge in [0.25, 0.3) is 0 Å². The van der Waals surface area contributed by atoms with Gasteiger partial charge in [-0.25, -0.2) is 4.98 Å². The highest BCUT2D eigenvalue weighted by atomic mass is 35.5. The van der Waals surface area contributed by atoms with Crippen molar-refractivity contribution in [3.8, 4) is 0 Å². The zero-order valence-corrected chi connectivity index (χ0v) is 14.0. The van der Waals surface area contributed by atoms with Gasteiger partial charge in [-0.15, -0.1) is 11.6 Å². The van der Waals surface area contributed by atoms with Crippen LogP contribution in [0.3, 0.4) is 0 Å². The van der Waals surface area contributed by atoms with E-state index in [1.165, 1.54) is 19.4 Å². The Bertz CT molecular complexity index is 636. The summed E-state index contributed by atoms with van der Waals surface area (Å²) in [5.41, 5.74) is 1.96. The lowest BCUT2D eigenvalue weighted by atomic mass is 9.98. The molecule has 2 heterocycles. The zero-order chi connectivity index (χ0) is 15.0. The van der Waals surface area contributed by atoms with E-state index in [9.17, 15) is 0 Å². The summed E-state index contributed by atoms with van der Waals surface area (Å²) in [5, 5.41) is 0.584. The number of hydrogen-bond acceptors (Lipinski definition) is 2. The van der Waals surface area contributed by atoms with Crippen molar-refractivity contribution in [1.29, 1.82) is 0 Å². The second-order valence-corrected chi connectivity index (χ2v) is 7.14. The number of benzene rings is 1. The fraction of sp³-hybridized carbons (Fsp3) is 0.562. The Balaban J connectivity index is 1.99. The topological polar surface area (TPSA) is 21.1 Å². The molecule has 2 unspecified atom stereocenters. The fourth-order valence-corrected chi connectivity index (χ4v) is 3.69. The van der Waals surface area contributed by atoms with Gasteiger partial charge in [-0.1, -0.05) is 17.7 Å². The van der Waals surface area contributed by atoms with Crippen LogP contribution in [0.15, 0.2) is 18.2 Å². The van der Waals surface area contributed by atoms with Gasteiger partial charge < -0.3 is 9.47 Å². The summed E-state index contributed by atoms with van der Waals surface area (Å²) < 4.78 is 2.27. The van der Waals surface area contributed by atoms with E-state index in [2.05, 4.69) is 27.6 Å². The van der Waals surface area contributed by atoms with Crippen LogP contribution in [-0.4, -0.2) is 34.6 Å². The third-order valence-electron chi connectivity index (χ3n) is 4.28. The predicted molar refractivity (Wildman–Crippen MR) is 89.2 cm³/mol. The Morgan fingerprint density at radius 2 is 2.24 bits per heavy atom. The summed E-state index contributed by atoms with van der Waals surface area (Å²) in [6.07, 6.45) is 2.53. The van der Waals surface area contributed by atoms with Crippen molar-refractivity contribution < 1.29 is 0 Å². The van der Waals surface area contributed by atoms with Crippen molar-refractivity contribution in [3.05, 3.63) is 29.0 Å². The number of rotatable bonds is 3. The molecule has 1 aromatic heterocycles. The second kappa shape index (κ2) is 6.15. The molecule has 1 aromatic carbocycles. The third kappa shape index (κ3) is 3.05. The lowest BCUT2D eigenvalue weighted by Gasteiger charge is -2.30. The van der Waals surface area contributed by atoms with Crippen molar-refractivity contribution >= 4 is 34.2 Å². The molecule has 3 nitrogen and oxygen atoms in total. The number of para-hydroxylation sites is 1. The maximum absolute atomic E-state index is 6.34. The molecule has 114 valence electrons. The average molecular weight is 326 g/mol. The highest BCUT2D eigenvalue weighted by molar-refractivity contribution is 6.35. The molecule has 1 fully saturated rings. The molecule has 0 aliphatic carbocycles. The van der Waals surface area contributed by atoms with Gasteiger partial charge in [0.05, 0.1) is 15.9 Å². The molecule has 2 aromatic rings. The summed E-state index contributed by atoms with van der Waals surface area (Å²) in [6.45, 7) is 5.27. The number of fused-ring (bicyclic) bond motifs is 1. The predicted octanol–water partition coefficient (Wildman–Crippen LogP) is 4.33. The smallest absolute Gasteiger partial charge is 0.127 e. The molecule has 1 aliphatic rings. The van der Waals surface area contributed by atoms with Gasteiger partial charge in [0.2, 0.25) is 0 Å². The quantitative estimate of drug-likeness (QED) is 0.783. The number of piperidine rings is 1. The second-order valence-electron chi connectivity index (χ2n) is 6.07. The van der Waals surface area contributed by atoms with Crippen LogP contribution in [0.5, 0.6) is 0 Å². The SMILES string of the molecule is CC(Cl)c1nc2c(Cl)cccc2n1CC1CCCN(C)C1. The number of likely N-dealkylation sites (tertiary alicyclic amines) is 1. The molecule has 1 aliphatic heterocycles. The van der Waals surface area contributed by atoms with E-state index in [1.807, 2.05) is 19.1 Å². The minimum absolute atomic E-state index is 0.116.